The number of carbonyl (C=O) groups is 1. The summed E-state index contributed by atoms with van der Waals surface area (Å²) >= 11 is 3.44. The van der Waals surface area contributed by atoms with Crippen LogP contribution in [0.25, 0.3) is 0 Å². The van der Waals surface area contributed by atoms with Crippen molar-refractivity contribution < 1.29 is 4.79 Å². The highest BCUT2D eigenvalue weighted by Gasteiger charge is 2.10. The molecule has 2 aromatic rings. The van der Waals surface area contributed by atoms with Crippen molar-refractivity contribution in [3.63, 3.8) is 0 Å². The molecule has 0 radical (unpaired) electrons. The third-order valence-electron chi connectivity index (χ3n) is 3.03. The molecular formula is C17H17BrO. The van der Waals surface area contributed by atoms with E-state index in [0.717, 1.165) is 34.0 Å². The number of halogens is 1. The molecule has 0 atom stereocenters. The van der Waals surface area contributed by atoms with Crippen molar-refractivity contribution in [3.8, 4) is 0 Å². The normalized spacial score (nSPS) is 10.5. The van der Waals surface area contributed by atoms with Crippen LogP contribution in [0.2, 0.25) is 0 Å². The van der Waals surface area contributed by atoms with Crippen LogP contribution >= 0.6 is 15.9 Å². The molecular weight excluding hydrogens is 300 g/mol. The molecule has 0 unspecified atom stereocenters. The standard InChI is InChI=1S/C17H17BrO/c1-3-5-13-6-4-7-14(10-13)17(19)15-8-12(2)9-16(18)11-15/h4,6-11H,3,5H2,1-2H3. The monoisotopic (exact) mass is 316 g/mol. The molecule has 0 aliphatic carbocycles. The van der Waals surface area contributed by atoms with E-state index < -0.39 is 0 Å². The Balaban J connectivity index is 2.35. The number of hydrogen-bond donors (Lipinski definition) is 0. The van der Waals surface area contributed by atoms with Gasteiger partial charge < -0.3 is 0 Å². The zero-order chi connectivity index (χ0) is 13.8. The van der Waals surface area contributed by atoms with Crippen molar-refractivity contribution in [1.82, 2.24) is 0 Å². The molecule has 0 saturated heterocycles. The first-order valence-corrected chi connectivity index (χ1v) is 7.30. The number of benzene rings is 2. The van der Waals surface area contributed by atoms with Crippen molar-refractivity contribution in [2.24, 2.45) is 0 Å². The summed E-state index contributed by atoms with van der Waals surface area (Å²) < 4.78 is 0.945. The summed E-state index contributed by atoms with van der Waals surface area (Å²) in [6.45, 7) is 4.14. The second-order valence-electron chi connectivity index (χ2n) is 4.80. The van der Waals surface area contributed by atoms with Crippen molar-refractivity contribution in [2.75, 3.05) is 0 Å². The Kier molecular flexibility index (Phi) is 4.54. The number of carbonyl (C=O) groups excluding carboxylic acids is 1. The van der Waals surface area contributed by atoms with Gasteiger partial charge in [-0.05, 0) is 48.7 Å². The third kappa shape index (κ3) is 3.54. The third-order valence-corrected chi connectivity index (χ3v) is 3.49. The van der Waals surface area contributed by atoms with Crippen molar-refractivity contribution in [2.45, 2.75) is 26.7 Å². The summed E-state index contributed by atoms with van der Waals surface area (Å²) in [5.74, 6) is 0.0855. The highest BCUT2D eigenvalue weighted by molar-refractivity contribution is 9.10. The van der Waals surface area contributed by atoms with Gasteiger partial charge in [0, 0.05) is 15.6 Å². The zero-order valence-corrected chi connectivity index (χ0v) is 12.8. The van der Waals surface area contributed by atoms with E-state index in [1.807, 2.05) is 43.3 Å². The smallest absolute Gasteiger partial charge is 0.193 e. The fraction of sp³-hybridized carbons (Fsp3) is 0.235. The Morgan fingerprint density at radius 2 is 1.89 bits per heavy atom. The van der Waals surface area contributed by atoms with Gasteiger partial charge in [-0.25, -0.2) is 0 Å². The lowest BCUT2D eigenvalue weighted by molar-refractivity contribution is 0.103. The van der Waals surface area contributed by atoms with Crippen LogP contribution in [0.3, 0.4) is 0 Å². The van der Waals surface area contributed by atoms with Crippen LogP contribution in [0.1, 0.15) is 40.4 Å². The second-order valence-corrected chi connectivity index (χ2v) is 5.71. The zero-order valence-electron chi connectivity index (χ0n) is 11.2. The van der Waals surface area contributed by atoms with Gasteiger partial charge in [-0.1, -0.05) is 47.5 Å². The maximum absolute atomic E-state index is 12.5. The molecule has 0 saturated carbocycles. The van der Waals surface area contributed by atoms with Crippen LogP contribution in [0.5, 0.6) is 0 Å². The molecule has 0 fully saturated rings. The first-order chi connectivity index (χ1) is 9.10. The summed E-state index contributed by atoms with van der Waals surface area (Å²) in [5, 5.41) is 0. The molecule has 2 aromatic carbocycles. The Hall–Kier alpha value is -1.41. The topological polar surface area (TPSA) is 17.1 Å². The van der Waals surface area contributed by atoms with E-state index in [0.29, 0.717) is 0 Å². The highest BCUT2D eigenvalue weighted by Crippen LogP contribution is 2.19. The molecule has 0 aliphatic rings. The predicted molar refractivity (Wildman–Crippen MR) is 82.7 cm³/mol. The van der Waals surface area contributed by atoms with Gasteiger partial charge in [0.05, 0.1) is 0 Å². The van der Waals surface area contributed by atoms with Gasteiger partial charge in [-0.15, -0.1) is 0 Å². The molecule has 0 N–H and O–H groups in total. The van der Waals surface area contributed by atoms with E-state index in [4.69, 9.17) is 0 Å². The van der Waals surface area contributed by atoms with E-state index in [1.165, 1.54) is 5.56 Å². The Morgan fingerprint density at radius 1 is 1.11 bits per heavy atom. The molecule has 0 aromatic heterocycles. The molecule has 2 heteroatoms. The van der Waals surface area contributed by atoms with Crippen LogP contribution in [0.4, 0.5) is 0 Å². The largest absolute Gasteiger partial charge is 0.289 e. The molecule has 0 heterocycles. The van der Waals surface area contributed by atoms with Gasteiger partial charge in [0.25, 0.3) is 0 Å². The van der Waals surface area contributed by atoms with Crippen LogP contribution in [0, 0.1) is 6.92 Å². The minimum absolute atomic E-state index is 0.0855. The fourth-order valence-electron chi connectivity index (χ4n) is 2.19. The quantitative estimate of drug-likeness (QED) is 0.730. The molecule has 19 heavy (non-hydrogen) atoms. The van der Waals surface area contributed by atoms with E-state index >= 15 is 0 Å². The van der Waals surface area contributed by atoms with Gasteiger partial charge in [-0.3, -0.25) is 4.79 Å². The SMILES string of the molecule is CCCc1cccc(C(=O)c2cc(C)cc(Br)c2)c1. The lowest BCUT2D eigenvalue weighted by atomic mass is 9.99. The molecule has 1 nitrogen and oxygen atoms in total. The van der Waals surface area contributed by atoms with Crippen LogP contribution in [-0.2, 0) is 6.42 Å². The lowest BCUT2D eigenvalue weighted by Gasteiger charge is -2.06. The first-order valence-electron chi connectivity index (χ1n) is 6.51. The summed E-state index contributed by atoms with van der Waals surface area (Å²) in [6, 6.07) is 13.7. The minimum Gasteiger partial charge on any atom is -0.289 e. The molecule has 0 aliphatic heterocycles. The molecule has 2 rings (SSSR count). The Bertz CT molecular complexity index is 582. The fourth-order valence-corrected chi connectivity index (χ4v) is 2.80. The van der Waals surface area contributed by atoms with Crippen molar-refractivity contribution in [1.29, 1.82) is 0 Å². The Morgan fingerprint density at radius 3 is 2.58 bits per heavy atom. The number of rotatable bonds is 4. The van der Waals surface area contributed by atoms with Crippen LogP contribution < -0.4 is 0 Å². The molecule has 0 bridgehead atoms. The summed E-state index contributed by atoms with van der Waals surface area (Å²) in [7, 11) is 0. The highest BCUT2D eigenvalue weighted by atomic mass is 79.9. The maximum atomic E-state index is 12.5. The van der Waals surface area contributed by atoms with Crippen molar-refractivity contribution in [3.05, 3.63) is 69.2 Å². The van der Waals surface area contributed by atoms with Gasteiger partial charge >= 0.3 is 0 Å². The average Bonchev–Trinajstić information content (AvgIpc) is 2.37. The summed E-state index contributed by atoms with van der Waals surface area (Å²) in [4.78, 5) is 12.5. The van der Waals surface area contributed by atoms with Crippen molar-refractivity contribution >= 4 is 21.7 Å². The second kappa shape index (κ2) is 6.16. The van der Waals surface area contributed by atoms with E-state index in [2.05, 4.69) is 28.9 Å². The van der Waals surface area contributed by atoms with Gasteiger partial charge in [0.15, 0.2) is 5.78 Å². The first kappa shape index (κ1) is 14.0. The van der Waals surface area contributed by atoms with Gasteiger partial charge in [-0.2, -0.15) is 0 Å². The minimum atomic E-state index is 0.0855. The molecule has 98 valence electrons. The molecule has 0 spiro atoms. The van der Waals surface area contributed by atoms with Gasteiger partial charge in [0.1, 0.15) is 0 Å². The summed E-state index contributed by atoms with van der Waals surface area (Å²) in [6.07, 6.45) is 2.10. The lowest BCUT2D eigenvalue weighted by Crippen LogP contribution is -2.02. The summed E-state index contributed by atoms with van der Waals surface area (Å²) in [5.41, 5.74) is 3.81. The number of aryl methyl sites for hydroxylation is 2. The predicted octanol–water partition coefficient (Wildman–Crippen LogP) is 4.94. The maximum Gasteiger partial charge on any atom is 0.193 e. The number of ketones is 1. The van der Waals surface area contributed by atoms with E-state index in [-0.39, 0.29) is 5.78 Å². The van der Waals surface area contributed by atoms with Crippen LogP contribution in [0.15, 0.2) is 46.9 Å². The Labute approximate surface area is 122 Å². The average molecular weight is 317 g/mol. The van der Waals surface area contributed by atoms with E-state index in [1.54, 1.807) is 0 Å². The van der Waals surface area contributed by atoms with Gasteiger partial charge in [0.2, 0.25) is 0 Å². The van der Waals surface area contributed by atoms with E-state index in [9.17, 15) is 4.79 Å². The molecule has 0 amide bonds. The number of hydrogen-bond acceptors (Lipinski definition) is 1. The van der Waals surface area contributed by atoms with Crippen LogP contribution in [-0.4, -0.2) is 5.78 Å².